The number of rotatable bonds is 3. The molecule has 0 aromatic heterocycles. The second-order valence-electron chi connectivity index (χ2n) is 4.44. The van der Waals surface area contributed by atoms with Gasteiger partial charge in [-0.05, 0) is 32.4 Å². The maximum absolute atomic E-state index is 10.7. The lowest BCUT2D eigenvalue weighted by molar-refractivity contribution is -0.384. The van der Waals surface area contributed by atoms with E-state index in [4.69, 9.17) is 16.3 Å². The average Bonchev–Trinajstić information content (AvgIpc) is 2.14. The van der Waals surface area contributed by atoms with Gasteiger partial charge in [0.15, 0.2) is 0 Å². The Balaban J connectivity index is 2.83. The Morgan fingerprint density at radius 3 is 2.56 bits per heavy atom. The van der Waals surface area contributed by atoms with Gasteiger partial charge in [0.25, 0.3) is 5.69 Å². The molecule has 0 spiro atoms. The molecule has 0 atom stereocenters. The van der Waals surface area contributed by atoms with E-state index in [1.54, 1.807) is 6.07 Å². The molecule has 0 aliphatic heterocycles. The molecular formula is C11H14ClNO3. The van der Waals surface area contributed by atoms with Gasteiger partial charge < -0.3 is 4.74 Å². The molecule has 1 aromatic rings. The maximum Gasteiger partial charge on any atom is 0.288 e. The van der Waals surface area contributed by atoms with Crippen molar-refractivity contribution in [1.82, 2.24) is 0 Å². The highest BCUT2D eigenvalue weighted by atomic mass is 35.5. The van der Waals surface area contributed by atoms with Gasteiger partial charge in [0.1, 0.15) is 5.02 Å². The normalized spacial score (nSPS) is 11.5. The van der Waals surface area contributed by atoms with Crippen molar-refractivity contribution in [2.24, 2.45) is 0 Å². The molecule has 0 amide bonds. The van der Waals surface area contributed by atoms with Crippen LogP contribution >= 0.6 is 11.6 Å². The van der Waals surface area contributed by atoms with E-state index in [2.05, 4.69) is 0 Å². The number of halogens is 1. The molecule has 0 saturated carbocycles. The van der Waals surface area contributed by atoms with Crippen molar-refractivity contribution in [1.29, 1.82) is 0 Å². The molecule has 16 heavy (non-hydrogen) atoms. The van der Waals surface area contributed by atoms with Gasteiger partial charge in [-0.25, -0.2) is 0 Å². The minimum absolute atomic E-state index is 0.0864. The summed E-state index contributed by atoms with van der Waals surface area (Å²) in [7, 11) is 0. The number of benzene rings is 1. The lowest BCUT2D eigenvalue weighted by Gasteiger charge is -2.19. The van der Waals surface area contributed by atoms with Gasteiger partial charge in [0.2, 0.25) is 0 Å². The first-order chi connectivity index (χ1) is 7.29. The molecule has 88 valence electrons. The van der Waals surface area contributed by atoms with E-state index in [1.807, 2.05) is 20.8 Å². The first-order valence-electron chi connectivity index (χ1n) is 4.86. The molecule has 0 unspecified atom stereocenters. The topological polar surface area (TPSA) is 52.4 Å². The Morgan fingerprint density at radius 2 is 2.06 bits per heavy atom. The number of nitro groups is 1. The molecule has 0 heterocycles. The SMILES string of the molecule is CC(C)(C)OCc1ccc(Cl)c([N+](=O)[O-])c1. The molecule has 0 bridgehead atoms. The predicted octanol–water partition coefficient (Wildman–Crippen LogP) is 3.56. The summed E-state index contributed by atoms with van der Waals surface area (Å²) in [6, 6.07) is 4.68. The smallest absolute Gasteiger partial charge is 0.288 e. The quantitative estimate of drug-likeness (QED) is 0.602. The number of ether oxygens (including phenoxy) is 1. The van der Waals surface area contributed by atoms with Crippen molar-refractivity contribution >= 4 is 17.3 Å². The molecule has 0 radical (unpaired) electrons. The van der Waals surface area contributed by atoms with Crippen LogP contribution in [0.15, 0.2) is 18.2 Å². The highest BCUT2D eigenvalue weighted by Crippen LogP contribution is 2.25. The van der Waals surface area contributed by atoms with Crippen LogP contribution < -0.4 is 0 Å². The van der Waals surface area contributed by atoms with E-state index in [1.165, 1.54) is 12.1 Å². The fraction of sp³-hybridized carbons (Fsp3) is 0.455. The van der Waals surface area contributed by atoms with Crippen LogP contribution in [0.3, 0.4) is 0 Å². The lowest BCUT2D eigenvalue weighted by Crippen LogP contribution is -2.18. The van der Waals surface area contributed by atoms with Crippen molar-refractivity contribution in [2.75, 3.05) is 0 Å². The summed E-state index contributed by atoms with van der Waals surface area (Å²) >= 11 is 5.70. The third-order valence-electron chi connectivity index (χ3n) is 1.88. The highest BCUT2D eigenvalue weighted by molar-refractivity contribution is 6.32. The van der Waals surface area contributed by atoms with Crippen molar-refractivity contribution < 1.29 is 9.66 Å². The summed E-state index contributed by atoms with van der Waals surface area (Å²) in [5.41, 5.74) is 0.386. The fourth-order valence-corrected chi connectivity index (χ4v) is 1.27. The summed E-state index contributed by atoms with van der Waals surface area (Å²) in [6.45, 7) is 6.12. The van der Waals surface area contributed by atoms with E-state index in [-0.39, 0.29) is 16.3 Å². The Kier molecular flexibility index (Phi) is 3.88. The Labute approximate surface area is 99.3 Å². The lowest BCUT2D eigenvalue weighted by atomic mass is 10.1. The molecule has 0 aliphatic rings. The predicted molar refractivity (Wildman–Crippen MR) is 62.6 cm³/mol. The van der Waals surface area contributed by atoms with Gasteiger partial charge in [0.05, 0.1) is 17.1 Å². The summed E-state index contributed by atoms with van der Waals surface area (Å²) in [6.07, 6.45) is 0. The Morgan fingerprint density at radius 1 is 1.44 bits per heavy atom. The van der Waals surface area contributed by atoms with Crippen LogP contribution in [0.2, 0.25) is 5.02 Å². The first kappa shape index (κ1) is 12.9. The second kappa shape index (κ2) is 4.80. The monoisotopic (exact) mass is 243 g/mol. The maximum atomic E-state index is 10.7. The van der Waals surface area contributed by atoms with E-state index >= 15 is 0 Å². The van der Waals surface area contributed by atoms with Crippen molar-refractivity contribution in [3.63, 3.8) is 0 Å². The molecule has 4 nitrogen and oxygen atoms in total. The van der Waals surface area contributed by atoms with Crippen LogP contribution in [0, 0.1) is 10.1 Å². The van der Waals surface area contributed by atoms with Gasteiger partial charge in [0, 0.05) is 6.07 Å². The van der Waals surface area contributed by atoms with Crippen LogP contribution in [0.1, 0.15) is 26.3 Å². The number of nitrogens with zero attached hydrogens (tertiary/aromatic N) is 1. The number of hydrogen-bond donors (Lipinski definition) is 0. The third kappa shape index (κ3) is 3.79. The highest BCUT2D eigenvalue weighted by Gasteiger charge is 2.15. The number of hydrogen-bond acceptors (Lipinski definition) is 3. The zero-order valence-corrected chi connectivity index (χ0v) is 10.2. The van der Waals surface area contributed by atoms with Crippen LogP contribution in [0.5, 0.6) is 0 Å². The van der Waals surface area contributed by atoms with Crippen LogP contribution in [-0.4, -0.2) is 10.5 Å². The molecule has 0 aliphatic carbocycles. The van der Waals surface area contributed by atoms with E-state index in [9.17, 15) is 10.1 Å². The molecule has 0 saturated heterocycles. The average molecular weight is 244 g/mol. The molecule has 1 rings (SSSR count). The third-order valence-corrected chi connectivity index (χ3v) is 2.20. The van der Waals surface area contributed by atoms with E-state index in [0.717, 1.165) is 5.56 Å². The molecular weight excluding hydrogens is 230 g/mol. The minimum Gasteiger partial charge on any atom is -0.371 e. The van der Waals surface area contributed by atoms with E-state index < -0.39 is 4.92 Å². The summed E-state index contributed by atoms with van der Waals surface area (Å²) in [4.78, 5) is 10.2. The molecule has 1 aromatic carbocycles. The first-order valence-corrected chi connectivity index (χ1v) is 5.24. The van der Waals surface area contributed by atoms with Crippen LogP contribution in [-0.2, 0) is 11.3 Å². The summed E-state index contributed by atoms with van der Waals surface area (Å²) in [5.74, 6) is 0. The summed E-state index contributed by atoms with van der Waals surface area (Å²) in [5, 5.41) is 10.8. The van der Waals surface area contributed by atoms with Gasteiger partial charge in [-0.1, -0.05) is 17.7 Å². The van der Waals surface area contributed by atoms with Crippen molar-refractivity contribution in [3.05, 3.63) is 38.9 Å². The molecule has 5 heteroatoms. The molecule has 0 N–H and O–H groups in total. The van der Waals surface area contributed by atoms with Crippen LogP contribution in [0.25, 0.3) is 0 Å². The Bertz CT molecular complexity index is 399. The van der Waals surface area contributed by atoms with Gasteiger partial charge in [-0.15, -0.1) is 0 Å². The van der Waals surface area contributed by atoms with Crippen LogP contribution in [0.4, 0.5) is 5.69 Å². The Hall–Kier alpha value is -1.13. The standard InChI is InChI=1S/C11H14ClNO3/c1-11(2,3)16-7-8-4-5-9(12)10(6-8)13(14)15/h4-6H,7H2,1-3H3. The van der Waals surface area contributed by atoms with Crippen molar-refractivity contribution in [2.45, 2.75) is 33.0 Å². The van der Waals surface area contributed by atoms with Gasteiger partial charge >= 0.3 is 0 Å². The zero-order chi connectivity index (χ0) is 12.3. The second-order valence-corrected chi connectivity index (χ2v) is 4.85. The van der Waals surface area contributed by atoms with Gasteiger partial charge in [-0.3, -0.25) is 10.1 Å². The minimum atomic E-state index is -0.497. The largest absolute Gasteiger partial charge is 0.371 e. The van der Waals surface area contributed by atoms with E-state index in [0.29, 0.717) is 6.61 Å². The van der Waals surface area contributed by atoms with Gasteiger partial charge in [-0.2, -0.15) is 0 Å². The van der Waals surface area contributed by atoms with Crippen molar-refractivity contribution in [3.8, 4) is 0 Å². The summed E-state index contributed by atoms with van der Waals surface area (Å²) < 4.78 is 5.52. The zero-order valence-electron chi connectivity index (χ0n) is 9.49. The fourth-order valence-electron chi connectivity index (χ4n) is 1.09. The number of nitro benzene ring substituents is 1. The molecule has 0 fully saturated rings.